The Morgan fingerprint density at radius 3 is 1.64 bits per heavy atom. The van der Waals surface area contributed by atoms with E-state index in [1.807, 2.05) is 35.7 Å². The van der Waals surface area contributed by atoms with Crippen molar-refractivity contribution in [1.82, 2.24) is 0 Å². The highest BCUT2D eigenvalue weighted by Crippen LogP contribution is 2.53. The summed E-state index contributed by atoms with van der Waals surface area (Å²) >= 11 is 5.50. The molecular weight excluding hydrogens is 725 g/mol. The predicted molar refractivity (Wildman–Crippen MR) is 241 cm³/mol. The van der Waals surface area contributed by atoms with E-state index in [0.29, 0.717) is 0 Å². The quantitative estimate of drug-likeness (QED) is 0.129. The normalized spacial score (nSPS) is 14.4. The van der Waals surface area contributed by atoms with Crippen molar-refractivity contribution < 1.29 is 0 Å². The molecule has 5 aromatic carbocycles. The van der Waals surface area contributed by atoms with Gasteiger partial charge in [-0.15, -0.1) is 47.2 Å². The average Bonchev–Trinajstić information content (AvgIpc) is 3.98. The van der Waals surface area contributed by atoms with Gasteiger partial charge in [0.25, 0.3) is 0 Å². The lowest BCUT2D eigenvalue weighted by Crippen LogP contribution is -2.18. The Bertz CT molecular complexity index is 2780. The van der Waals surface area contributed by atoms with Crippen molar-refractivity contribution in [3.63, 3.8) is 0 Å². The van der Waals surface area contributed by atoms with E-state index in [-0.39, 0.29) is 10.8 Å². The number of hydrogen-bond acceptors (Lipinski definition) is 5. The molecule has 8 aromatic rings. The van der Waals surface area contributed by atoms with Gasteiger partial charge in [-0.3, -0.25) is 0 Å². The number of nitriles is 1. The third-order valence-corrected chi connectivity index (χ3v) is 15.2. The van der Waals surface area contributed by atoms with E-state index in [1.165, 1.54) is 85.1 Å². The molecule has 0 fully saturated rings. The molecular formula is C50H40N2S3. The maximum atomic E-state index is 9.28. The highest BCUT2D eigenvalue weighted by molar-refractivity contribution is 7.39. The Morgan fingerprint density at radius 2 is 1.07 bits per heavy atom. The zero-order valence-electron chi connectivity index (χ0n) is 31.7. The Morgan fingerprint density at radius 1 is 0.582 bits per heavy atom. The van der Waals surface area contributed by atoms with Crippen LogP contribution in [0, 0.1) is 11.3 Å². The summed E-state index contributed by atoms with van der Waals surface area (Å²) in [7, 11) is 0. The summed E-state index contributed by atoms with van der Waals surface area (Å²) in [4.78, 5) is 4.87. The monoisotopic (exact) mass is 764 g/mol. The fourth-order valence-electron chi connectivity index (χ4n) is 8.70. The summed E-state index contributed by atoms with van der Waals surface area (Å²) in [6.45, 7) is 17.3. The molecule has 2 aliphatic carbocycles. The van der Waals surface area contributed by atoms with Crippen molar-refractivity contribution in [3.05, 3.63) is 167 Å². The van der Waals surface area contributed by atoms with Gasteiger partial charge in [0.2, 0.25) is 0 Å². The lowest BCUT2D eigenvalue weighted by molar-refractivity contribution is 0.660. The zero-order valence-corrected chi connectivity index (χ0v) is 34.1. The highest BCUT2D eigenvalue weighted by atomic mass is 32.1. The van der Waals surface area contributed by atoms with Crippen LogP contribution >= 0.6 is 34.0 Å². The number of rotatable bonds is 5. The number of anilines is 3. The third kappa shape index (κ3) is 5.46. The largest absolute Gasteiger partial charge is 0.310 e. The van der Waals surface area contributed by atoms with Gasteiger partial charge in [-0.05, 0) is 112 Å². The van der Waals surface area contributed by atoms with Crippen molar-refractivity contribution in [2.75, 3.05) is 4.90 Å². The summed E-state index contributed by atoms with van der Waals surface area (Å²) in [5.74, 6) is 0. The maximum Gasteiger partial charge on any atom is 0.0944 e. The van der Waals surface area contributed by atoms with Gasteiger partial charge in [-0.1, -0.05) is 100 Å². The number of fused-ring (bicyclic) bond motifs is 9. The van der Waals surface area contributed by atoms with Crippen LogP contribution in [0.5, 0.6) is 0 Å². The first-order chi connectivity index (χ1) is 26.6. The number of allylic oxidation sites excluding steroid dienone is 1. The Hall–Kier alpha value is -5.51. The van der Waals surface area contributed by atoms with Crippen molar-refractivity contribution in [2.24, 2.45) is 0 Å². The topological polar surface area (TPSA) is 27.0 Å². The molecule has 0 atom stereocenters. The SMILES string of the molecule is C/C(C#N)=C\c1cc2sc3cc(-c4ccc(N(c5ccc6c(c5)C(C)(C)c5ccccc5-6)c5ccc6c(c5)C(C)(C)c5ccccc5-6)cc4)sc3c2s1.C=C. The molecule has 2 nitrogen and oxygen atoms in total. The summed E-state index contributed by atoms with van der Waals surface area (Å²) in [6.07, 6.45) is 1.99. The lowest BCUT2D eigenvalue weighted by atomic mass is 9.82. The molecule has 3 aromatic heterocycles. The minimum absolute atomic E-state index is 0.0926. The fourth-order valence-corrected chi connectivity index (χ4v) is 12.7. The second-order valence-electron chi connectivity index (χ2n) is 15.4. The van der Waals surface area contributed by atoms with Crippen LogP contribution in [0.3, 0.4) is 0 Å². The molecule has 0 amide bonds. The molecule has 55 heavy (non-hydrogen) atoms. The van der Waals surface area contributed by atoms with Crippen LogP contribution in [0.4, 0.5) is 17.1 Å². The lowest BCUT2D eigenvalue weighted by Gasteiger charge is -2.30. The molecule has 3 heterocycles. The second-order valence-corrected chi connectivity index (χ2v) is 18.6. The minimum atomic E-state index is -0.0926. The zero-order chi connectivity index (χ0) is 38.2. The smallest absolute Gasteiger partial charge is 0.0944 e. The summed E-state index contributed by atoms with van der Waals surface area (Å²) < 4.78 is 5.29. The molecule has 0 aliphatic heterocycles. The minimum Gasteiger partial charge on any atom is -0.310 e. The van der Waals surface area contributed by atoms with E-state index in [0.717, 1.165) is 16.1 Å². The van der Waals surface area contributed by atoms with Gasteiger partial charge in [0.15, 0.2) is 0 Å². The molecule has 0 saturated heterocycles. The number of hydrogen-bond donors (Lipinski definition) is 0. The average molecular weight is 765 g/mol. The highest BCUT2D eigenvalue weighted by Gasteiger charge is 2.37. The second kappa shape index (κ2) is 13.1. The van der Waals surface area contributed by atoms with Gasteiger partial charge >= 0.3 is 0 Å². The number of nitrogens with zero attached hydrogens (tertiary/aromatic N) is 2. The molecule has 2 aliphatic rings. The number of thiophene rings is 3. The van der Waals surface area contributed by atoms with E-state index in [4.69, 9.17) is 0 Å². The molecule has 268 valence electrons. The van der Waals surface area contributed by atoms with E-state index in [9.17, 15) is 5.26 Å². The van der Waals surface area contributed by atoms with Crippen molar-refractivity contribution in [2.45, 2.75) is 45.4 Å². The van der Waals surface area contributed by atoms with Crippen LogP contribution in [0.25, 0.3) is 57.6 Å². The molecule has 0 spiro atoms. The summed E-state index contributed by atoms with van der Waals surface area (Å²) in [5.41, 5.74) is 16.1. The first-order valence-electron chi connectivity index (χ1n) is 18.6. The third-order valence-electron chi connectivity index (χ3n) is 11.4. The Labute approximate surface area is 335 Å². The predicted octanol–water partition coefficient (Wildman–Crippen LogP) is 15.7. The first kappa shape index (κ1) is 35.2. The number of benzene rings is 5. The van der Waals surface area contributed by atoms with Gasteiger partial charge in [-0.25, -0.2) is 0 Å². The van der Waals surface area contributed by atoms with Gasteiger partial charge in [-0.2, -0.15) is 5.26 Å². The van der Waals surface area contributed by atoms with E-state index in [2.05, 4.69) is 173 Å². The van der Waals surface area contributed by atoms with Gasteiger partial charge in [0.1, 0.15) is 0 Å². The van der Waals surface area contributed by atoms with Crippen LogP contribution in [0.2, 0.25) is 0 Å². The first-order valence-corrected chi connectivity index (χ1v) is 21.0. The van der Waals surface area contributed by atoms with Crippen LogP contribution in [0.1, 0.15) is 61.7 Å². The summed E-state index contributed by atoms with van der Waals surface area (Å²) in [6, 6.07) is 47.9. The molecule has 5 heteroatoms. The van der Waals surface area contributed by atoms with Crippen LogP contribution < -0.4 is 4.90 Å². The van der Waals surface area contributed by atoms with E-state index < -0.39 is 0 Å². The van der Waals surface area contributed by atoms with Crippen LogP contribution in [-0.2, 0) is 10.8 Å². The molecule has 10 rings (SSSR count). The molecule has 0 unspecified atom stereocenters. The molecule has 0 radical (unpaired) electrons. The molecule has 0 N–H and O–H groups in total. The van der Waals surface area contributed by atoms with Gasteiger partial charge in [0.05, 0.1) is 15.5 Å². The Kier molecular flexibility index (Phi) is 8.36. The van der Waals surface area contributed by atoms with Gasteiger partial charge in [0, 0.05) is 52.6 Å². The fraction of sp³-hybridized carbons (Fsp3) is 0.140. The summed E-state index contributed by atoms with van der Waals surface area (Å²) in [5, 5.41) is 9.28. The maximum absolute atomic E-state index is 9.28. The Balaban J connectivity index is 0.00000195. The van der Waals surface area contributed by atoms with Crippen molar-refractivity contribution >= 4 is 75.9 Å². The van der Waals surface area contributed by atoms with Gasteiger partial charge < -0.3 is 4.90 Å². The van der Waals surface area contributed by atoms with E-state index in [1.54, 1.807) is 11.3 Å². The van der Waals surface area contributed by atoms with Crippen LogP contribution in [-0.4, -0.2) is 0 Å². The van der Waals surface area contributed by atoms with E-state index >= 15 is 0 Å². The standard InChI is InChI=1S/C48H36N2S3.C2H4/c1-28(27-49)22-33-25-43-45(51-33)46-44(52-43)26-42(53-46)29-14-16-30(17-15-29)50(31-18-20-36-34-10-6-8-12-38(34)47(2,3)40(36)23-31)32-19-21-37-35-11-7-9-13-39(35)48(4,5)41(37)24-32;1-2/h6-26H,1-5H3;1-2H2/b28-22+;. The van der Waals surface area contributed by atoms with Crippen molar-refractivity contribution in [3.8, 4) is 38.8 Å². The van der Waals surface area contributed by atoms with Crippen LogP contribution in [0.15, 0.2) is 140 Å². The molecule has 0 bridgehead atoms. The molecule has 0 saturated carbocycles. The van der Waals surface area contributed by atoms with Crippen molar-refractivity contribution in [1.29, 1.82) is 5.26 Å².